The Morgan fingerprint density at radius 3 is 2.66 bits per heavy atom. The molecule has 2 aliphatic rings. The number of fused-ring (bicyclic) bond motifs is 1. The van der Waals surface area contributed by atoms with Crippen LogP contribution in [0.3, 0.4) is 0 Å². The Kier molecular flexibility index (Phi) is 6.88. The van der Waals surface area contributed by atoms with Crippen molar-refractivity contribution in [1.82, 2.24) is 10.2 Å². The van der Waals surface area contributed by atoms with Gasteiger partial charge in [-0.3, -0.25) is 14.6 Å². The average molecular weight is 479 g/mol. The van der Waals surface area contributed by atoms with E-state index in [-0.39, 0.29) is 16.3 Å². The van der Waals surface area contributed by atoms with Crippen molar-refractivity contribution in [2.45, 2.75) is 12.1 Å². The largest absolute Gasteiger partial charge is 0.379 e. The average Bonchev–Trinajstić information content (AvgIpc) is 2.79. The van der Waals surface area contributed by atoms with Gasteiger partial charge in [0, 0.05) is 25.2 Å². The Balaban J connectivity index is 1.59. The maximum absolute atomic E-state index is 13.3. The van der Waals surface area contributed by atoms with E-state index in [1.54, 1.807) is 24.3 Å². The molecule has 3 N–H and O–H groups in total. The van der Waals surface area contributed by atoms with Gasteiger partial charge in [0.25, 0.3) is 11.6 Å². The van der Waals surface area contributed by atoms with Gasteiger partial charge in [0.15, 0.2) is 0 Å². The molecular weight excluding hydrogens is 455 g/mol. The minimum absolute atomic E-state index is 0.198. The molecule has 10 heteroatoms. The highest BCUT2D eigenvalue weighted by atomic mass is 35.5. The highest BCUT2D eigenvalue weighted by Gasteiger charge is 2.51. The number of urea groups is 1. The molecule has 3 amide bonds. The molecule has 32 heavy (non-hydrogen) atoms. The Bertz CT molecular complexity index is 1020. The molecule has 2 aliphatic heterocycles. The highest BCUT2D eigenvalue weighted by molar-refractivity contribution is 6.42. The number of rotatable bonds is 6. The molecule has 0 bridgehead atoms. The SMILES string of the molecule is O=C1Nc2ccccc2[C@@](O)(C(=O)NCCCN2CCOCC2)N1c1ccc(Cl)c(Cl)c1. The lowest BCUT2D eigenvalue weighted by molar-refractivity contribution is -0.140. The molecule has 0 spiro atoms. The van der Waals surface area contributed by atoms with Crippen LogP contribution in [0.4, 0.5) is 16.2 Å². The van der Waals surface area contributed by atoms with E-state index < -0.39 is 17.7 Å². The Morgan fingerprint density at radius 2 is 1.91 bits per heavy atom. The molecule has 0 aliphatic carbocycles. The quantitative estimate of drug-likeness (QED) is 0.554. The number of amides is 3. The standard InChI is InChI=1S/C22H24Cl2N4O4/c23-17-7-6-15(14-18(17)24)28-21(30)26-19-5-2-1-4-16(19)22(28,31)20(29)25-8-3-9-27-10-12-32-13-11-27/h1-2,4-7,14,31H,3,8-13H2,(H,25,29)(H,26,30)/t22-/m1/s1. The number of carbonyl (C=O) groups excluding carboxylic acids is 2. The summed E-state index contributed by atoms with van der Waals surface area (Å²) >= 11 is 12.2. The minimum atomic E-state index is -2.27. The van der Waals surface area contributed by atoms with E-state index in [0.29, 0.717) is 36.9 Å². The van der Waals surface area contributed by atoms with Crippen molar-refractivity contribution < 1.29 is 19.4 Å². The van der Waals surface area contributed by atoms with Crippen LogP contribution in [0.1, 0.15) is 12.0 Å². The van der Waals surface area contributed by atoms with Gasteiger partial charge in [0.2, 0.25) is 0 Å². The van der Waals surface area contributed by atoms with Crippen molar-refractivity contribution in [2.24, 2.45) is 0 Å². The van der Waals surface area contributed by atoms with E-state index in [1.165, 1.54) is 18.2 Å². The Morgan fingerprint density at radius 1 is 1.16 bits per heavy atom. The van der Waals surface area contributed by atoms with Crippen LogP contribution in [0.15, 0.2) is 42.5 Å². The normalized spacial score (nSPS) is 21.1. The third kappa shape index (κ3) is 4.42. The van der Waals surface area contributed by atoms with E-state index in [1.807, 2.05) is 0 Å². The van der Waals surface area contributed by atoms with Crippen LogP contribution >= 0.6 is 23.2 Å². The van der Waals surface area contributed by atoms with Crippen molar-refractivity contribution >= 4 is 46.5 Å². The lowest BCUT2D eigenvalue weighted by Gasteiger charge is -2.42. The molecule has 1 saturated heterocycles. The van der Waals surface area contributed by atoms with Gasteiger partial charge in [0.1, 0.15) is 0 Å². The third-order valence-electron chi connectivity index (χ3n) is 5.59. The summed E-state index contributed by atoms with van der Waals surface area (Å²) in [5.41, 5.74) is -1.41. The predicted octanol–water partition coefficient (Wildman–Crippen LogP) is 3.03. The molecule has 0 radical (unpaired) electrons. The van der Waals surface area contributed by atoms with Crippen LogP contribution in [0.5, 0.6) is 0 Å². The van der Waals surface area contributed by atoms with Crippen molar-refractivity contribution in [3.63, 3.8) is 0 Å². The molecule has 170 valence electrons. The van der Waals surface area contributed by atoms with Gasteiger partial charge in [-0.25, -0.2) is 4.79 Å². The zero-order valence-electron chi connectivity index (χ0n) is 17.3. The second kappa shape index (κ2) is 9.64. The number of halogens is 2. The van der Waals surface area contributed by atoms with Crippen molar-refractivity contribution in [3.05, 3.63) is 58.1 Å². The van der Waals surface area contributed by atoms with Crippen LogP contribution < -0.4 is 15.5 Å². The van der Waals surface area contributed by atoms with E-state index in [9.17, 15) is 14.7 Å². The molecule has 8 nitrogen and oxygen atoms in total. The molecule has 0 aromatic heterocycles. The van der Waals surface area contributed by atoms with Gasteiger partial charge in [0.05, 0.1) is 34.6 Å². The summed E-state index contributed by atoms with van der Waals surface area (Å²) in [5, 5.41) is 17.7. The number of hydrogen-bond acceptors (Lipinski definition) is 5. The number of hydrogen-bond donors (Lipinski definition) is 3. The van der Waals surface area contributed by atoms with E-state index in [0.717, 1.165) is 24.5 Å². The summed E-state index contributed by atoms with van der Waals surface area (Å²) in [7, 11) is 0. The Labute approximate surface area is 196 Å². The topological polar surface area (TPSA) is 94.1 Å². The van der Waals surface area contributed by atoms with Gasteiger partial charge in [-0.2, -0.15) is 0 Å². The first-order chi connectivity index (χ1) is 15.4. The predicted molar refractivity (Wildman–Crippen MR) is 123 cm³/mol. The first-order valence-corrected chi connectivity index (χ1v) is 11.1. The number of morpholine rings is 1. The van der Waals surface area contributed by atoms with E-state index in [4.69, 9.17) is 27.9 Å². The molecule has 2 heterocycles. The first-order valence-electron chi connectivity index (χ1n) is 10.4. The first kappa shape index (κ1) is 22.8. The van der Waals surface area contributed by atoms with Crippen LogP contribution in [0, 0.1) is 0 Å². The minimum Gasteiger partial charge on any atom is -0.379 e. The summed E-state index contributed by atoms with van der Waals surface area (Å²) in [5.74, 6) is -0.701. The smallest absolute Gasteiger partial charge is 0.329 e. The molecule has 2 aromatic rings. The van der Waals surface area contributed by atoms with Gasteiger partial charge < -0.3 is 20.5 Å². The van der Waals surface area contributed by atoms with Gasteiger partial charge in [-0.15, -0.1) is 0 Å². The third-order valence-corrected chi connectivity index (χ3v) is 6.33. The van der Waals surface area contributed by atoms with Crippen LogP contribution in [-0.2, 0) is 15.3 Å². The molecule has 0 unspecified atom stereocenters. The van der Waals surface area contributed by atoms with Gasteiger partial charge >= 0.3 is 6.03 Å². The monoisotopic (exact) mass is 478 g/mol. The van der Waals surface area contributed by atoms with Crippen LogP contribution in [0.2, 0.25) is 10.0 Å². The van der Waals surface area contributed by atoms with Crippen molar-refractivity contribution in [3.8, 4) is 0 Å². The zero-order valence-corrected chi connectivity index (χ0v) is 18.8. The maximum atomic E-state index is 13.3. The molecule has 4 rings (SSSR count). The lowest BCUT2D eigenvalue weighted by atomic mass is 9.94. The summed E-state index contributed by atoms with van der Waals surface area (Å²) in [6, 6.07) is 10.5. The van der Waals surface area contributed by atoms with E-state index in [2.05, 4.69) is 15.5 Å². The van der Waals surface area contributed by atoms with Crippen LogP contribution in [-0.4, -0.2) is 61.3 Å². The molecular formula is C22H24Cl2N4O4. The summed E-state index contributed by atoms with van der Waals surface area (Å²) in [6.07, 6.45) is 0.697. The van der Waals surface area contributed by atoms with Gasteiger partial charge in [-0.1, -0.05) is 41.4 Å². The Hall–Kier alpha value is -2.36. The molecule has 0 saturated carbocycles. The number of benzene rings is 2. The maximum Gasteiger partial charge on any atom is 0.329 e. The molecule has 1 atom stereocenters. The fraction of sp³-hybridized carbons (Fsp3) is 0.364. The zero-order chi connectivity index (χ0) is 22.7. The number of ether oxygens (including phenoxy) is 1. The van der Waals surface area contributed by atoms with Crippen molar-refractivity contribution in [2.75, 3.05) is 49.6 Å². The highest BCUT2D eigenvalue weighted by Crippen LogP contribution is 2.41. The van der Waals surface area contributed by atoms with E-state index >= 15 is 0 Å². The molecule has 1 fully saturated rings. The number of para-hydroxylation sites is 1. The number of aliphatic hydroxyl groups is 1. The summed E-state index contributed by atoms with van der Waals surface area (Å²) in [6.45, 7) is 4.27. The number of nitrogens with zero attached hydrogens (tertiary/aromatic N) is 2. The van der Waals surface area contributed by atoms with Crippen LogP contribution in [0.25, 0.3) is 0 Å². The fourth-order valence-electron chi connectivity index (χ4n) is 3.94. The lowest BCUT2D eigenvalue weighted by Crippen LogP contribution is -2.62. The second-order valence-corrected chi connectivity index (χ2v) is 8.46. The fourth-order valence-corrected chi connectivity index (χ4v) is 4.23. The summed E-state index contributed by atoms with van der Waals surface area (Å²) in [4.78, 5) is 29.6. The van der Waals surface area contributed by atoms with Gasteiger partial charge in [-0.05, 0) is 37.2 Å². The number of anilines is 2. The second-order valence-electron chi connectivity index (χ2n) is 7.65. The number of carbonyl (C=O) groups is 2. The number of nitrogens with one attached hydrogen (secondary N) is 2. The molecule has 2 aromatic carbocycles. The summed E-state index contributed by atoms with van der Waals surface area (Å²) < 4.78 is 5.34. The van der Waals surface area contributed by atoms with Crippen molar-refractivity contribution in [1.29, 1.82) is 0 Å².